The average Bonchev–Trinajstić information content (AvgIpc) is 3.29. The van der Waals surface area contributed by atoms with Crippen LogP contribution in [0.4, 0.5) is 9.39 Å². The number of nitrogens with one attached hydrogen (secondary N) is 1. The Bertz CT molecular complexity index is 1470. The summed E-state index contributed by atoms with van der Waals surface area (Å²) in [7, 11) is 0. The summed E-state index contributed by atoms with van der Waals surface area (Å²) in [5, 5.41) is 8.96. The highest BCUT2D eigenvalue weighted by atomic mass is 32.1. The monoisotopic (exact) mass is 511 g/mol. The molecule has 0 radical (unpaired) electrons. The number of para-hydroxylation sites is 1. The van der Waals surface area contributed by atoms with Gasteiger partial charge in [0.15, 0.2) is 23.9 Å². The molecule has 0 aliphatic rings. The first-order chi connectivity index (χ1) is 17.4. The summed E-state index contributed by atoms with van der Waals surface area (Å²) in [6, 6.07) is 12.3. The third-order valence-corrected chi connectivity index (χ3v) is 5.86. The minimum atomic E-state index is -0.708. The largest absolute Gasteiger partial charge is 0.494 e. The van der Waals surface area contributed by atoms with Gasteiger partial charge in [0.05, 0.1) is 24.3 Å². The van der Waals surface area contributed by atoms with Crippen molar-refractivity contribution in [3.05, 3.63) is 75.8 Å². The number of thiophene rings is 1. The summed E-state index contributed by atoms with van der Waals surface area (Å²) in [6.45, 7) is 3.63. The van der Waals surface area contributed by atoms with E-state index in [9.17, 15) is 18.8 Å². The molecule has 186 valence electrons. The van der Waals surface area contributed by atoms with Gasteiger partial charge in [-0.1, -0.05) is 12.1 Å². The minimum Gasteiger partial charge on any atom is -0.494 e. The zero-order valence-electron chi connectivity index (χ0n) is 19.4. The molecule has 0 atom stereocenters. The molecule has 2 aromatic carbocycles. The van der Waals surface area contributed by atoms with E-state index in [1.807, 2.05) is 6.92 Å². The van der Waals surface area contributed by atoms with Gasteiger partial charge in [-0.05, 0) is 50.2 Å². The van der Waals surface area contributed by atoms with Gasteiger partial charge in [-0.15, -0.1) is 11.3 Å². The van der Waals surface area contributed by atoms with E-state index in [4.69, 9.17) is 14.2 Å². The molecule has 2 aromatic heterocycles. The lowest BCUT2D eigenvalue weighted by Gasteiger charge is -2.11. The van der Waals surface area contributed by atoms with Gasteiger partial charge in [-0.2, -0.15) is 9.78 Å². The molecule has 1 N–H and O–H groups in total. The van der Waals surface area contributed by atoms with E-state index in [-0.39, 0.29) is 33.8 Å². The van der Waals surface area contributed by atoms with Crippen molar-refractivity contribution in [3.8, 4) is 17.2 Å². The van der Waals surface area contributed by atoms with Crippen LogP contribution in [0.1, 0.15) is 24.3 Å². The van der Waals surface area contributed by atoms with Gasteiger partial charge in [0.2, 0.25) is 0 Å². The van der Waals surface area contributed by atoms with Crippen LogP contribution in [0.15, 0.2) is 58.7 Å². The smallest absolute Gasteiger partial charge is 0.359 e. The van der Waals surface area contributed by atoms with Gasteiger partial charge < -0.3 is 19.5 Å². The van der Waals surface area contributed by atoms with Gasteiger partial charge in [0, 0.05) is 10.8 Å². The number of hydrogen-bond acceptors (Lipinski definition) is 8. The van der Waals surface area contributed by atoms with Crippen molar-refractivity contribution in [2.24, 2.45) is 0 Å². The van der Waals surface area contributed by atoms with E-state index in [2.05, 4.69) is 10.4 Å². The highest BCUT2D eigenvalue weighted by Crippen LogP contribution is 2.31. The summed E-state index contributed by atoms with van der Waals surface area (Å²) in [4.78, 5) is 38.7. The Morgan fingerprint density at radius 3 is 2.50 bits per heavy atom. The van der Waals surface area contributed by atoms with Crippen LogP contribution in [0.5, 0.6) is 11.5 Å². The van der Waals surface area contributed by atoms with Crippen LogP contribution in [-0.2, 0) is 9.53 Å². The molecule has 0 spiro atoms. The number of fused-ring (bicyclic) bond motifs is 1. The number of hydrogen-bond donors (Lipinski definition) is 1. The second kappa shape index (κ2) is 11.0. The summed E-state index contributed by atoms with van der Waals surface area (Å²) in [5.41, 5.74) is -0.226. The molecular weight excluding hydrogens is 489 g/mol. The number of aromatic nitrogens is 2. The SMILES string of the molecule is CCOC(=O)c1nn(-c2ccc(OCC)cc2)c(=O)c2c(NC(=O)COc3ccccc3F)scc12. The molecule has 0 bridgehead atoms. The summed E-state index contributed by atoms with van der Waals surface area (Å²) in [6.07, 6.45) is 0. The molecule has 0 fully saturated rings. The molecule has 11 heteroatoms. The molecule has 0 saturated carbocycles. The Kier molecular flexibility index (Phi) is 7.59. The number of anilines is 1. The van der Waals surface area contributed by atoms with Crippen LogP contribution in [0.25, 0.3) is 16.5 Å². The predicted octanol–water partition coefficient (Wildman–Crippen LogP) is 4.18. The van der Waals surface area contributed by atoms with Crippen LogP contribution in [-0.4, -0.2) is 41.5 Å². The predicted molar refractivity (Wildman–Crippen MR) is 133 cm³/mol. The second-order valence-electron chi connectivity index (χ2n) is 7.33. The standard InChI is InChI=1S/C25H22FN3O6S/c1-3-33-16-11-9-15(10-12-16)29-24(31)21-17(22(28-29)25(32)34-4-2)14-36-23(21)27-20(30)13-35-19-8-6-5-7-18(19)26/h5-12,14H,3-4,13H2,1-2H3,(H,27,30). The third-order valence-electron chi connectivity index (χ3n) is 4.96. The summed E-state index contributed by atoms with van der Waals surface area (Å²) < 4.78 is 30.7. The second-order valence-corrected chi connectivity index (χ2v) is 8.21. The van der Waals surface area contributed by atoms with Crippen LogP contribution in [0.3, 0.4) is 0 Å². The molecule has 4 aromatic rings. The topological polar surface area (TPSA) is 109 Å². The van der Waals surface area contributed by atoms with Crippen molar-refractivity contribution in [1.29, 1.82) is 0 Å². The number of nitrogens with zero attached hydrogens (tertiary/aromatic N) is 2. The zero-order valence-corrected chi connectivity index (χ0v) is 20.3. The fraction of sp³-hybridized carbons (Fsp3) is 0.200. The summed E-state index contributed by atoms with van der Waals surface area (Å²) >= 11 is 1.05. The lowest BCUT2D eigenvalue weighted by Crippen LogP contribution is -2.26. The molecule has 9 nitrogen and oxygen atoms in total. The fourth-order valence-electron chi connectivity index (χ4n) is 3.38. The van der Waals surface area contributed by atoms with Crippen LogP contribution >= 0.6 is 11.3 Å². The molecule has 1 amide bonds. The van der Waals surface area contributed by atoms with Crippen molar-refractivity contribution in [2.45, 2.75) is 13.8 Å². The number of benzene rings is 2. The molecule has 0 aliphatic carbocycles. The first kappa shape index (κ1) is 24.9. The van der Waals surface area contributed by atoms with Crippen molar-refractivity contribution >= 4 is 39.0 Å². The van der Waals surface area contributed by atoms with Crippen LogP contribution < -0.4 is 20.3 Å². The Balaban J connectivity index is 1.71. The number of esters is 1. The van der Waals surface area contributed by atoms with Crippen molar-refractivity contribution in [3.63, 3.8) is 0 Å². The van der Waals surface area contributed by atoms with E-state index in [1.54, 1.807) is 42.6 Å². The van der Waals surface area contributed by atoms with Crippen molar-refractivity contribution < 1.29 is 28.2 Å². The van der Waals surface area contributed by atoms with E-state index < -0.39 is 29.9 Å². The molecule has 4 rings (SSSR count). The first-order valence-electron chi connectivity index (χ1n) is 11.0. The molecule has 0 unspecified atom stereocenters. The van der Waals surface area contributed by atoms with Crippen molar-refractivity contribution in [2.75, 3.05) is 25.1 Å². The number of ether oxygens (including phenoxy) is 3. The molecule has 0 saturated heterocycles. The molecule has 0 aliphatic heterocycles. The number of carbonyl (C=O) groups excluding carboxylic acids is 2. The highest BCUT2D eigenvalue weighted by Gasteiger charge is 2.23. The van der Waals surface area contributed by atoms with Gasteiger partial charge in [-0.3, -0.25) is 9.59 Å². The van der Waals surface area contributed by atoms with Gasteiger partial charge >= 0.3 is 5.97 Å². The lowest BCUT2D eigenvalue weighted by atomic mass is 10.2. The molecule has 36 heavy (non-hydrogen) atoms. The lowest BCUT2D eigenvalue weighted by molar-refractivity contribution is -0.118. The molecular formula is C25H22FN3O6S. The number of carbonyl (C=O) groups is 2. The van der Waals surface area contributed by atoms with Gasteiger partial charge in [0.25, 0.3) is 11.5 Å². The van der Waals surface area contributed by atoms with Crippen LogP contribution in [0, 0.1) is 5.82 Å². The number of rotatable bonds is 9. The minimum absolute atomic E-state index is 0.0697. The quantitative estimate of drug-likeness (QED) is 0.336. The Labute approximate surface area is 209 Å². The van der Waals surface area contributed by atoms with E-state index in [0.717, 1.165) is 16.0 Å². The van der Waals surface area contributed by atoms with Gasteiger partial charge in [-0.25, -0.2) is 9.18 Å². The Morgan fingerprint density at radius 1 is 1.06 bits per heavy atom. The van der Waals surface area contributed by atoms with Crippen LogP contribution in [0.2, 0.25) is 0 Å². The maximum absolute atomic E-state index is 13.8. The van der Waals surface area contributed by atoms with Gasteiger partial charge in [0.1, 0.15) is 10.8 Å². The van der Waals surface area contributed by atoms with E-state index >= 15 is 0 Å². The van der Waals surface area contributed by atoms with Crippen molar-refractivity contribution in [1.82, 2.24) is 9.78 Å². The third kappa shape index (κ3) is 5.20. The van der Waals surface area contributed by atoms with E-state index in [1.165, 1.54) is 18.2 Å². The average molecular weight is 512 g/mol. The normalized spacial score (nSPS) is 10.8. The summed E-state index contributed by atoms with van der Waals surface area (Å²) in [5.74, 6) is -1.38. The highest BCUT2D eigenvalue weighted by molar-refractivity contribution is 7.16. The van der Waals surface area contributed by atoms with E-state index in [0.29, 0.717) is 18.0 Å². The first-order valence-corrected chi connectivity index (χ1v) is 11.9. The Morgan fingerprint density at radius 2 is 1.81 bits per heavy atom. The maximum atomic E-state index is 13.8. The zero-order chi connectivity index (χ0) is 25.7. The number of amides is 1. The Hall–Kier alpha value is -4.25. The maximum Gasteiger partial charge on any atom is 0.359 e. The fourth-order valence-corrected chi connectivity index (χ4v) is 4.34. The molecule has 2 heterocycles. The number of halogens is 1.